The van der Waals surface area contributed by atoms with Gasteiger partial charge < -0.3 is 0 Å². The fourth-order valence-corrected chi connectivity index (χ4v) is 1.07. The maximum absolute atomic E-state index is 12.9. The lowest BCUT2D eigenvalue weighted by Crippen LogP contribution is -2.03. The first-order chi connectivity index (χ1) is 7.36. The molecule has 0 amide bonds. The summed E-state index contributed by atoms with van der Waals surface area (Å²) in [5, 5.41) is 1.37. The fraction of sp³-hybridized carbons (Fsp3) is 0. The van der Waals surface area contributed by atoms with E-state index in [0.717, 1.165) is 0 Å². The fourth-order valence-electron chi connectivity index (χ4n) is 0.856. The molecule has 0 spiro atoms. The molecule has 8 heteroatoms. The van der Waals surface area contributed by atoms with Gasteiger partial charge in [0.05, 0.1) is 5.56 Å². The average Bonchev–Trinajstić information content (AvgIpc) is 2.23. The molecule has 0 saturated heterocycles. The molecule has 0 radical (unpaired) electrons. The molecule has 0 unspecified atom stereocenters. The highest BCUT2D eigenvalue weighted by molar-refractivity contribution is 7.71. The van der Waals surface area contributed by atoms with Gasteiger partial charge in [-0.2, -0.15) is 8.42 Å². The molecule has 0 aliphatic rings. The molecule has 0 heterocycles. The molecule has 0 N–H and O–H groups in total. The van der Waals surface area contributed by atoms with E-state index in [0.29, 0.717) is 0 Å². The standard InChI is InChI=1S/C8HF5O2S/c9-4-3(1-2-16(14)15)5(10)7(12)8(13)6(4)11/h1H. The quantitative estimate of drug-likeness (QED) is 0.331. The van der Waals surface area contributed by atoms with Gasteiger partial charge in [0.1, 0.15) is 0 Å². The van der Waals surface area contributed by atoms with Crippen LogP contribution in [-0.4, -0.2) is 13.4 Å². The Kier molecular flexibility index (Phi) is 3.46. The zero-order valence-electron chi connectivity index (χ0n) is 7.19. The summed E-state index contributed by atoms with van der Waals surface area (Å²) < 4.78 is 83.3. The smallest absolute Gasteiger partial charge is 0.203 e. The van der Waals surface area contributed by atoms with Gasteiger partial charge in [0.15, 0.2) is 23.3 Å². The summed E-state index contributed by atoms with van der Waals surface area (Å²) in [6.07, 6.45) is 0.152. The Hall–Kier alpha value is -1.66. The second-order valence-corrected chi connectivity index (χ2v) is 3.19. The Morgan fingerprint density at radius 2 is 1.19 bits per heavy atom. The number of rotatable bonds is 1. The summed E-state index contributed by atoms with van der Waals surface area (Å²) in [5.74, 6) is -10.8. The van der Waals surface area contributed by atoms with Crippen LogP contribution in [0, 0.1) is 29.1 Å². The summed E-state index contributed by atoms with van der Waals surface area (Å²) in [6.45, 7) is 0. The van der Waals surface area contributed by atoms with Crippen LogP contribution < -0.4 is 0 Å². The predicted molar refractivity (Wildman–Crippen MR) is 44.6 cm³/mol. The van der Waals surface area contributed by atoms with Crippen LogP contribution in [0.5, 0.6) is 0 Å². The van der Waals surface area contributed by atoms with Crippen LogP contribution in [0.2, 0.25) is 0 Å². The van der Waals surface area contributed by atoms with Gasteiger partial charge in [-0.05, 0) is 0 Å². The van der Waals surface area contributed by atoms with E-state index in [1.54, 1.807) is 0 Å². The molecule has 1 aromatic carbocycles. The van der Waals surface area contributed by atoms with Crippen molar-refractivity contribution in [2.24, 2.45) is 0 Å². The Labute approximate surface area is 87.2 Å². The third-order valence-electron chi connectivity index (χ3n) is 1.54. The summed E-state index contributed by atoms with van der Waals surface area (Å²) >= 11 is 0. The summed E-state index contributed by atoms with van der Waals surface area (Å²) in [5.41, 5.74) is -1.36. The summed E-state index contributed by atoms with van der Waals surface area (Å²) in [4.78, 5) is 0. The summed E-state index contributed by atoms with van der Waals surface area (Å²) in [7, 11) is -2.93. The van der Waals surface area contributed by atoms with E-state index in [1.807, 2.05) is 0 Å². The molecule has 1 rings (SSSR count). The minimum Gasteiger partial charge on any atom is -0.203 e. The van der Waals surface area contributed by atoms with Gasteiger partial charge in [-0.3, -0.25) is 0 Å². The normalized spacial score (nSPS) is 9.81. The van der Waals surface area contributed by atoms with Crippen molar-refractivity contribution in [2.75, 3.05) is 0 Å². The van der Waals surface area contributed by atoms with Crippen molar-refractivity contribution < 1.29 is 30.4 Å². The van der Waals surface area contributed by atoms with E-state index in [2.05, 4.69) is 0 Å². The third-order valence-corrected chi connectivity index (χ3v) is 1.85. The number of benzene rings is 1. The first-order valence-corrected chi connectivity index (χ1v) is 4.63. The zero-order valence-corrected chi connectivity index (χ0v) is 8.01. The molecule has 0 bridgehead atoms. The largest absolute Gasteiger partial charge is 0.260 e. The van der Waals surface area contributed by atoms with Gasteiger partial charge >= 0.3 is 0 Å². The van der Waals surface area contributed by atoms with Crippen molar-refractivity contribution in [3.63, 3.8) is 0 Å². The Balaban J connectivity index is 3.72. The minimum atomic E-state index is -2.93. The van der Waals surface area contributed by atoms with Crippen LogP contribution in [0.4, 0.5) is 22.0 Å². The van der Waals surface area contributed by atoms with E-state index in [-0.39, 0.29) is 6.08 Å². The molecule has 0 aliphatic heterocycles. The molecule has 86 valence electrons. The third kappa shape index (κ3) is 2.12. The SMILES string of the molecule is O=S(=O)=C=Cc1c(F)c(F)c(F)c(F)c1F. The topological polar surface area (TPSA) is 34.1 Å². The van der Waals surface area contributed by atoms with Gasteiger partial charge in [-0.1, -0.05) is 0 Å². The lowest BCUT2D eigenvalue weighted by molar-refractivity contribution is 0.377. The Morgan fingerprint density at radius 3 is 1.56 bits per heavy atom. The maximum atomic E-state index is 12.9. The number of hydrogen-bond donors (Lipinski definition) is 0. The highest BCUT2D eigenvalue weighted by Crippen LogP contribution is 2.23. The summed E-state index contributed by atoms with van der Waals surface area (Å²) in [6, 6.07) is 0. The van der Waals surface area contributed by atoms with E-state index >= 15 is 0 Å². The molecule has 2 nitrogen and oxygen atoms in total. The predicted octanol–water partition coefficient (Wildman–Crippen LogP) is 1.68. The minimum absolute atomic E-state index is 0.152. The lowest BCUT2D eigenvalue weighted by Gasteiger charge is -2.02. The Morgan fingerprint density at radius 1 is 0.812 bits per heavy atom. The molecule has 0 aromatic heterocycles. The maximum Gasteiger partial charge on any atom is 0.260 e. The number of halogens is 5. The van der Waals surface area contributed by atoms with Crippen LogP contribution in [0.25, 0.3) is 6.08 Å². The van der Waals surface area contributed by atoms with Gasteiger partial charge in [0.2, 0.25) is 5.82 Å². The van der Waals surface area contributed by atoms with Gasteiger partial charge in [-0.15, -0.1) is 0 Å². The molecule has 0 atom stereocenters. The van der Waals surface area contributed by atoms with Crippen LogP contribution in [-0.2, 0) is 10.3 Å². The van der Waals surface area contributed by atoms with Crippen molar-refractivity contribution in [3.8, 4) is 0 Å². The number of hydrogen-bond acceptors (Lipinski definition) is 2. The van der Waals surface area contributed by atoms with E-state index in [1.165, 1.54) is 5.02 Å². The second-order valence-electron chi connectivity index (χ2n) is 2.48. The first-order valence-electron chi connectivity index (χ1n) is 3.56. The monoisotopic (exact) mass is 256 g/mol. The van der Waals surface area contributed by atoms with Crippen molar-refractivity contribution in [2.45, 2.75) is 0 Å². The average molecular weight is 256 g/mol. The molecular weight excluding hydrogens is 255 g/mol. The van der Waals surface area contributed by atoms with Crippen LogP contribution in [0.1, 0.15) is 5.56 Å². The molecule has 0 saturated carbocycles. The molecule has 16 heavy (non-hydrogen) atoms. The second kappa shape index (κ2) is 4.46. The van der Waals surface area contributed by atoms with Gasteiger partial charge in [0, 0.05) is 11.1 Å². The van der Waals surface area contributed by atoms with Crippen molar-refractivity contribution >= 4 is 21.4 Å². The highest BCUT2D eigenvalue weighted by atomic mass is 32.2. The molecular formula is C8HF5O2S. The lowest BCUT2D eigenvalue weighted by atomic mass is 10.1. The van der Waals surface area contributed by atoms with Crippen molar-refractivity contribution in [3.05, 3.63) is 34.6 Å². The van der Waals surface area contributed by atoms with Crippen molar-refractivity contribution in [1.82, 2.24) is 0 Å². The molecule has 0 aliphatic carbocycles. The molecule has 0 fully saturated rings. The van der Waals surface area contributed by atoms with Crippen LogP contribution >= 0.6 is 0 Å². The van der Waals surface area contributed by atoms with Crippen LogP contribution in [0.3, 0.4) is 0 Å². The van der Waals surface area contributed by atoms with Crippen molar-refractivity contribution in [1.29, 1.82) is 0 Å². The zero-order chi connectivity index (χ0) is 12.5. The highest BCUT2D eigenvalue weighted by Gasteiger charge is 2.24. The van der Waals surface area contributed by atoms with Gasteiger partial charge in [-0.25, -0.2) is 22.0 Å². The van der Waals surface area contributed by atoms with Gasteiger partial charge in [0.25, 0.3) is 10.3 Å². The van der Waals surface area contributed by atoms with E-state index in [4.69, 9.17) is 0 Å². The Bertz CT molecular complexity index is 577. The molecule has 1 aromatic rings. The van der Waals surface area contributed by atoms with E-state index < -0.39 is 44.9 Å². The first kappa shape index (κ1) is 12.4. The van der Waals surface area contributed by atoms with E-state index in [9.17, 15) is 30.4 Å². The van der Waals surface area contributed by atoms with Crippen LogP contribution in [0.15, 0.2) is 0 Å².